The van der Waals surface area contributed by atoms with Crippen molar-refractivity contribution in [1.29, 1.82) is 0 Å². The Morgan fingerprint density at radius 3 is 2.85 bits per heavy atom. The summed E-state index contributed by atoms with van der Waals surface area (Å²) in [5.41, 5.74) is 4.20. The Morgan fingerprint density at radius 2 is 2.15 bits per heavy atom. The summed E-state index contributed by atoms with van der Waals surface area (Å²) in [5, 5.41) is 4.97. The van der Waals surface area contributed by atoms with Crippen LogP contribution >= 0.6 is 0 Å². The second-order valence-electron chi connectivity index (χ2n) is 6.14. The molecule has 1 atom stereocenters. The number of hydrogen-bond donors (Lipinski definition) is 1. The van der Waals surface area contributed by atoms with Crippen molar-refractivity contribution in [1.82, 2.24) is 14.8 Å². The minimum Gasteiger partial charge on any atom is -0.346 e. The van der Waals surface area contributed by atoms with Crippen LogP contribution in [-0.4, -0.2) is 35.6 Å². The molecule has 0 spiro atoms. The van der Waals surface area contributed by atoms with Crippen molar-refractivity contribution < 1.29 is 0 Å². The molecule has 0 aliphatic carbocycles. The van der Waals surface area contributed by atoms with E-state index in [1.54, 1.807) is 0 Å². The average molecular weight is 271 g/mol. The Morgan fingerprint density at radius 1 is 1.35 bits per heavy atom. The topological polar surface area (TPSA) is 20.2 Å². The smallest absolute Gasteiger partial charge is 0.0483 e. The van der Waals surface area contributed by atoms with Gasteiger partial charge in [0.25, 0.3) is 0 Å². The number of fused-ring (bicyclic) bond motifs is 1. The molecule has 1 N–H and O–H groups in total. The van der Waals surface area contributed by atoms with E-state index in [4.69, 9.17) is 0 Å². The van der Waals surface area contributed by atoms with Crippen molar-refractivity contribution in [3.63, 3.8) is 0 Å². The minimum absolute atomic E-state index is 0.676. The van der Waals surface area contributed by atoms with Crippen LogP contribution in [0.15, 0.2) is 24.3 Å². The molecular weight excluding hydrogens is 246 g/mol. The zero-order valence-corrected chi connectivity index (χ0v) is 12.8. The fraction of sp³-hybridized carbons (Fsp3) is 0.529. The molecular formula is C17H25N3. The molecule has 1 aromatic heterocycles. The lowest BCUT2D eigenvalue weighted by Gasteiger charge is -2.22. The maximum atomic E-state index is 3.58. The van der Waals surface area contributed by atoms with Gasteiger partial charge in [0.15, 0.2) is 0 Å². The van der Waals surface area contributed by atoms with E-state index < -0.39 is 0 Å². The molecule has 0 saturated carbocycles. The van der Waals surface area contributed by atoms with Crippen molar-refractivity contribution >= 4 is 10.9 Å². The summed E-state index contributed by atoms with van der Waals surface area (Å²) in [5.74, 6) is 0. The van der Waals surface area contributed by atoms with Crippen LogP contribution in [0, 0.1) is 6.92 Å². The van der Waals surface area contributed by atoms with E-state index in [0.29, 0.717) is 6.04 Å². The predicted octanol–water partition coefficient (Wildman–Crippen LogP) is 2.67. The molecule has 2 heterocycles. The number of hydrogen-bond acceptors (Lipinski definition) is 2. The minimum atomic E-state index is 0.676. The van der Waals surface area contributed by atoms with E-state index >= 15 is 0 Å². The van der Waals surface area contributed by atoms with Gasteiger partial charge in [0, 0.05) is 42.8 Å². The van der Waals surface area contributed by atoms with Crippen LogP contribution in [0.5, 0.6) is 0 Å². The van der Waals surface area contributed by atoms with Gasteiger partial charge < -0.3 is 9.88 Å². The van der Waals surface area contributed by atoms with Crippen LogP contribution in [-0.2, 0) is 13.6 Å². The molecule has 0 bridgehead atoms. The van der Waals surface area contributed by atoms with Crippen LogP contribution < -0.4 is 5.32 Å². The number of nitrogens with zero attached hydrogens (tertiary/aromatic N) is 2. The average Bonchev–Trinajstić information content (AvgIpc) is 3.03. The molecule has 1 aliphatic heterocycles. The highest BCUT2D eigenvalue weighted by Gasteiger charge is 2.18. The summed E-state index contributed by atoms with van der Waals surface area (Å²) in [6.07, 6.45) is 2.64. The molecule has 0 radical (unpaired) electrons. The summed E-state index contributed by atoms with van der Waals surface area (Å²) < 4.78 is 2.35. The quantitative estimate of drug-likeness (QED) is 0.922. The van der Waals surface area contributed by atoms with Crippen molar-refractivity contribution in [3.8, 4) is 0 Å². The number of likely N-dealkylation sites (N-methyl/N-ethyl adjacent to an activating group) is 1. The molecule has 3 rings (SSSR count). The standard InChI is InChI=1S/C17H25N3/c1-13-15-8-4-5-9-16(15)20(3)17(13)12-19(2)11-14-7-6-10-18-14/h4-5,8-9,14,18H,6-7,10-12H2,1-3H3. The second-order valence-corrected chi connectivity index (χ2v) is 6.14. The van der Waals surface area contributed by atoms with Crippen LogP contribution in [0.25, 0.3) is 10.9 Å². The third kappa shape index (κ3) is 2.48. The number of benzene rings is 1. The number of para-hydroxylation sites is 1. The van der Waals surface area contributed by atoms with Gasteiger partial charge >= 0.3 is 0 Å². The number of rotatable bonds is 4. The molecule has 1 fully saturated rings. The van der Waals surface area contributed by atoms with Gasteiger partial charge in [0.05, 0.1) is 0 Å². The Balaban J connectivity index is 1.79. The maximum absolute atomic E-state index is 3.58. The molecule has 20 heavy (non-hydrogen) atoms. The second kappa shape index (κ2) is 5.58. The Kier molecular flexibility index (Phi) is 3.81. The van der Waals surface area contributed by atoms with Gasteiger partial charge in [0.1, 0.15) is 0 Å². The lowest BCUT2D eigenvalue weighted by atomic mass is 10.1. The predicted molar refractivity (Wildman–Crippen MR) is 85.0 cm³/mol. The van der Waals surface area contributed by atoms with Gasteiger partial charge in [-0.3, -0.25) is 4.90 Å². The summed E-state index contributed by atoms with van der Waals surface area (Å²) >= 11 is 0. The molecule has 108 valence electrons. The van der Waals surface area contributed by atoms with Crippen molar-refractivity contribution in [3.05, 3.63) is 35.5 Å². The fourth-order valence-electron chi connectivity index (χ4n) is 3.47. The first-order valence-corrected chi connectivity index (χ1v) is 7.61. The largest absolute Gasteiger partial charge is 0.346 e. The first-order chi connectivity index (χ1) is 9.66. The van der Waals surface area contributed by atoms with E-state index in [0.717, 1.165) is 13.1 Å². The highest BCUT2D eigenvalue weighted by Crippen LogP contribution is 2.25. The van der Waals surface area contributed by atoms with Crippen molar-refractivity contribution in [2.24, 2.45) is 7.05 Å². The molecule has 1 aliphatic rings. The molecule has 1 unspecified atom stereocenters. The van der Waals surface area contributed by atoms with Crippen molar-refractivity contribution in [2.75, 3.05) is 20.1 Å². The molecule has 1 aromatic carbocycles. The first kappa shape index (κ1) is 13.7. The van der Waals surface area contributed by atoms with E-state index in [1.165, 1.54) is 41.5 Å². The van der Waals surface area contributed by atoms with Crippen LogP contribution in [0.3, 0.4) is 0 Å². The van der Waals surface area contributed by atoms with E-state index in [1.807, 2.05) is 0 Å². The van der Waals surface area contributed by atoms with Gasteiger partial charge in [0.2, 0.25) is 0 Å². The monoisotopic (exact) mass is 271 g/mol. The number of aromatic nitrogens is 1. The third-order valence-electron chi connectivity index (χ3n) is 4.62. The van der Waals surface area contributed by atoms with Crippen LogP contribution in [0.4, 0.5) is 0 Å². The van der Waals surface area contributed by atoms with E-state index in [-0.39, 0.29) is 0 Å². The Bertz CT molecular complexity index is 555. The molecule has 3 nitrogen and oxygen atoms in total. The van der Waals surface area contributed by atoms with Crippen molar-refractivity contribution in [2.45, 2.75) is 32.4 Å². The first-order valence-electron chi connectivity index (χ1n) is 7.61. The normalized spacial score (nSPS) is 19.3. The van der Waals surface area contributed by atoms with Gasteiger partial charge in [-0.05, 0) is 45.0 Å². The van der Waals surface area contributed by atoms with Gasteiger partial charge in [-0.25, -0.2) is 0 Å². The van der Waals surface area contributed by atoms with Crippen LogP contribution in [0.2, 0.25) is 0 Å². The zero-order chi connectivity index (χ0) is 14.1. The Labute approximate surface area is 121 Å². The third-order valence-corrected chi connectivity index (χ3v) is 4.62. The van der Waals surface area contributed by atoms with E-state index in [9.17, 15) is 0 Å². The molecule has 1 saturated heterocycles. The van der Waals surface area contributed by atoms with Gasteiger partial charge in [-0.2, -0.15) is 0 Å². The highest BCUT2D eigenvalue weighted by atomic mass is 15.1. The number of nitrogens with one attached hydrogen (secondary N) is 1. The SMILES string of the molecule is Cc1c(CN(C)CC2CCCN2)n(C)c2ccccc12. The molecule has 2 aromatic rings. The highest BCUT2D eigenvalue weighted by molar-refractivity contribution is 5.85. The zero-order valence-electron chi connectivity index (χ0n) is 12.8. The van der Waals surface area contributed by atoms with Crippen LogP contribution in [0.1, 0.15) is 24.1 Å². The lowest BCUT2D eigenvalue weighted by Crippen LogP contribution is -2.35. The summed E-state index contributed by atoms with van der Waals surface area (Å²) in [7, 11) is 4.42. The van der Waals surface area contributed by atoms with E-state index in [2.05, 4.69) is 60.1 Å². The summed E-state index contributed by atoms with van der Waals surface area (Å²) in [4.78, 5) is 2.45. The number of aryl methyl sites for hydroxylation is 2. The lowest BCUT2D eigenvalue weighted by molar-refractivity contribution is 0.287. The summed E-state index contributed by atoms with van der Waals surface area (Å²) in [6, 6.07) is 9.37. The molecule has 0 amide bonds. The fourth-order valence-corrected chi connectivity index (χ4v) is 3.47. The maximum Gasteiger partial charge on any atom is 0.0483 e. The van der Waals surface area contributed by atoms with Gasteiger partial charge in [-0.1, -0.05) is 18.2 Å². The Hall–Kier alpha value is -1.32. The van der Waals surface area contributed by atoms with Gasteiger partial charge in [-0.15, -0.1) is 0 Å². The summed E-state index contributed by atoms with van der Waals surface area (Å²) in [6.45, 7) is 5.60. The molecule has 3 heteroatoms.